The van der Waals surface area contributed by atoms with E-state index in [0.29, 0.717) is 13.1 Å². The maximum absolute atomic E-state index is 12.9. The molecule has 1 aromatic rings. The molecule has 0 aliphatic carbocycles. The van der Waals surface area contributed by atoms with E-state index in [1.807, 2.05) is 0 Å². The fourth-order valence-corrected chi connectivity index (χ4v) is 4.97. The van der Waals surface area contributed by atoms with E-state index in [9.17, 15) is 13.5 Å². The Kier molecular flexibility index (Phi) is 12.5. The van der Waals surface area contributed by atoms with Crippen molar-refractivity contribution >= 4 is 33.2 Å². The van der Waals surface area contributed by atoms with Crippen molar-refractivity contribution in [1.82, 2.24) is 9.21 Å². The molecule has 0 unspecified atom stereocenters. The predicted octanol–water partition coefficient (Wildman–Crippen LogP) is 5.78. The molecule has 0 fully saturated rings. The Balaban J connectivity index is 2.71. The molecular formula is C21H36Cl2N2O3S. The summed E-state index contributed by atoms with van der Waals surface area (Å²) >= 11 is 11.8. The van der Waals surface area contributed by atoms with Crippen molar-refractivity contribution in [2.75, 3.05) is 33.2 Å². The smallest absolute Gasteiger partial charge is 0.242 e. The molecule has 0 atom stereocenters. The summed E-state index contributed by atoms with van der Waals surface area (Å²) in [6.45, 7) is 7.47. The molecule has 0 radical (unpaired) electrons. The molecule has 0 spiro atoms. The van der Waals surface area contributed by atoms with Crippen LogP contribution < -0.4 is 0 Å². The minimum atomic E-state index is -3.73. The third-order valence-electron chi connectivity index (χ3n) is 5.09. The van der Waals surface area contributed by atoms with Gasteiger partial charge in [-0.3, -0.25) is 0 Å². The summed E-state index contributed by atoms with van der Waals surface area (Å²) in [4.78, 5) is 2.36. The lowest BCUT2D eigenvalue weighted by Gasteiger charge is -2.25. The number of hydrogen-bond acceptors (Lipinski definition) is 4. The first-order valence-electron chi connectivity index (χ1n) is 10.6. The van der Waals surface area contributed by atoms with Gasteiger partial charge in [0, 0.05) is 20.1 Å². The molecule has 0 heterocycles. The SMILES string of the molecule is CCCCCCN(CCCCCC)CCN(C)S(=O)(=O)c1cc(Cl)c(O)c(Cl)c1. The minimum absolute atomic E-state index is 0.00904. The standard InChI is InChI=1S/C21H36Cl2N2O3S/c1-4-6-8-10-12-25(13-11-9-7-5-2)15-14-24(3)29(27,28)18-16-19(22)21(26)20(23)17-18/h16-17,26H,4-15H2,1-3H3. The van der Waals surface area contributed by atoms with E-state index < -0.39 is 10.0 Å². The van der Waals surface area contributed by atoms with Crippen LogP contribution in [0.1, 0.15) is 65.2 Å². The van der Waals surface area contributed by atoms with Crippen molar-refractivity contribution in [2.45, 2.75) is 70.1 Å². The van der Waals surface area contributed by atoms with E-state index in [1.165, 1.54) is 55.0 Å². The number of hydrogen-bond donors (Lipinski definition) is 1. The van der Waals surface area contributed by atoms with Gasteiger partial charge in [0.2, 0.25) is 10.0 Å². The first-order chi connectivity index (χ1) is 13.7. The van der Waals surface area contributed by atoms with Crippen molar-refractivity contribution in [3.8, 4) is 5.75 Å². The second-order valence-electron chi connectivity index (χ2n) is 7.53. The van der Waals surface area contributed by atoms with E-state index in [2.05, 4.69) is 18.7 Å². The van der Waals surface area contributed by atoms with Gasteiger partial charge in [0.05, 0.1) is 14.9 Å². The summed E-state index contributed by atoms with van der Waals surface area (Å²) in [5.41, 5.74) is 0. The molecule has 29 heavy (non-hydrogen) atoms. The van der Waals surface area contributed by atoms with Gasteiger partial charge in [-0.2, -0.15) is 4.31 Å². The fourth-order valence-electron chi connectivity index (χ4n) is 3.13. The number of benzene rings is 1. The van der Waals surface area contributed by atoms with Crippen molar-refractivity contribution in [2.24, 2.45) is 0 Å². The zero-order chi connectivity index (χ0) is 21.9. The Morgan fingerprint density at radius 1 is 0.828 bits per heavy atom. The number of phenolic OH excluding ortho intramolecular Hbond substituents is 1. The van der Waals surface area contributed by atoms with Gasteiger partial charge in [-0.1, -0.05) is 75.6 Å². The number of rotatable bonds is 15. The topological polar surface area (TPSA) is 60.9 Å². The lowest BCUT2D eigenvalue weighted by molar-refractivity contribution is 0.246. The van der Waals surface area contributed by atoms with Gasteiger partial charge in [0.1, 0.15) is 0 Å². The van der Waals surface area contributed by atoms with E-state index >= 15 is 0 Å². The Morgan fingerprint density at radius 3 is 1.76 bits per heavy atom. The third kappa shape index (κ3) is 9.01. The van der Waals surface area contributed by atoms with Crippen LogP contribution in [-0.4, -0.2) is 56.0 Å². The monoisotopic (exact) mass is 466 g/mol. The Hall–Kier alpha value is -0.530. The normalized spacial score (nSPS) is 12.2. The average Bonchev–Trinajstić information content (AvgIpc) is 2.69. The van der Waals surface area contributed by atoms with E-state index in [-0.39, 0.29) is 20.7 Å². The molecule has 8 heteroatoms. The van der Waals surface area contributed by atoms with Crippen LogP contribution in [0.2, 0.25) is 10.0 Å². The van der Waals surface area contributed by atoms with E-state index in [0.717, 1.165) is 25.9 Å². The van der Waals surface area contributed by atoms with E-state index in [4.69, 9.17) is 23.2 Å². The molecule has 0 aliphatic rings. The Bertz CT molecular complexity index is 679. The maximum atomic E-state index is 12.9. The molecule has 0 saturated heterocycles. The van der Waals surface area contributed by atoms with E-state index in [1.54, 1.807) is 7.05 Å². The summed E-state index contributed by atoms with van der Waals surface area (Å²) in [6, 6.07) is 2.48. The quantitative estimate of drug-likeness (QED) is 0.332. The Morgan fingerprint density at radius 2 is 1.31 bits per heavy atom. The van der Waals surface area contributed by atoms with Gasteiger partial charge in [-0.25, -0.2) is 8.42 Å². The van der Waals surface area contributed by atoms with Gasteiger partial charge < -0.3 is 10.0 Å². The van der Waals surface area contributed by atoms with Gasteiger partial charge in [-0.05, 0) is 38.1 Å². The van der Waals surface area contributed by atoms with Crippen LogP contribution >= 0.6 is 23.2 Å². The van der Waals surface area contributed by atoms with Crippen molar-refractivity contribution in [1.29, 1.82) is 0 Å². The fraction of sp³-hybridized carbons (Fsp3) is 0.714. The highest BCUT2D eigenvalue weighted by molar-refractivity contribution is 7.89. The molecule has 1 N–H and O–H groups in total. The number of phenols is 1. The molecule has 1 rings (SSSR count). The van der Waals surface area contributed by atoms with Gasteiger partial charge in [0.25, 0.3) is 0 Å². The van der Waals surface area contributed by atoms with Gasteiger partial charge in [0.15, 0.2) is 5.75 Å². The first-order valence-corrected chi connectivity index (χ1v) is 12.8. The van der Waals surface area contributed by atoms with Crippen molar-refractivity contribution in [3.63, 3.8) is 0 Å². The maximum Gasteiger partial charge on any atom is 0.242 e. The molecule has 0 amide bonds. The average molecular weight is 468 g/mol. The minimum Gasteiger partial charge on any atom is -0.505 e. The lowest BCUT2D eigenvalue weighted by atomic mass is 10.1. The summed E-state index contributed by atoms with van der Waals surface area (Å²) in [6.07, 6.45) is 9.58. The highest BCUT2D eigenvalue weighted by atomic mass is 35.5. The van der Waals surface area contributed by atoms with Crippen LogP contribution in [0.25, 0.3) is 0 Å². The molecule has 0 bridgehead atoms. The van der Waals surface area contributed by atoms with Gasteiger partial charge in [-0.15, -0.1) is 0 Å². The van der Waals surface area contributed by atoms with Crippen LogP contribution in [0.4, 0.5) is 0 Å². The van der Waals surface area contributed by atoms with Crippen LogP contribution in [0.15, 0.2) is 17.0 Å². The lowest BCUT2D eigenvalue weighted by Crippen LogP contribution is -2.37. The number of sulfonamides is 1. The number of nitrogens with zero attached hydrogens (tertiary/aromatic N) is 2. The predicted molar refractivity (Wildman–Crippen MR) is 123 cm³/mol. The zero-order valence-corrected chi connectivity index (χ0v) is 20.3. The molecule has 168 valence electrons. The van der Waals surface area contributed by atoms with Crippen molar-refractivity contribution in [3.05, 3.63) is 22.2 Å². The zero-order valence-electron chi connectivity index (χ0n) is 18.0. The van der Waals surface area contributed by atoms with Crippen molar-refractivity contribution < 1.29 is 13.5 Å². The molecule has 0 aromatic heterocycles. The Labute approximate surface area is 187 Å². The largest absolute Gasteiger partial charge is 0.505 e. The summed E-state index contributed by atoms with van der Waals surface area (Å²) in [5.74, 6) is -0.305. The van der Waals surface area contributed by atoms with Gasteiger partial charge >= 0.3 is 0 Å². The summed E-state index contributed by atoms with van der Waals surface area (Å²) in [5, 5.41) is 9.53. The molecule has 0 aliphatic heterocycles. The van der Waals surface area contributed by atoms with Crippen LogP contribution in [0.5, 0.6) is 5.75 Å². The molecule has 5 nitrogen and oxygen atoms in total. The third-order valence-corrected chi connectivity index (χ3v) is 7.50. The van der Waals surface area contributed by atoms with Crippen LogP contribution in [0.3, 0.4) is 0 Å². The number of unbranched alkanes of at least 4 members (excludes halogenated alkanes) is 6. The summed E-state index contributed by atoms with van der Waals surface area (Å²) < 4.78 is 27.1. The first kappa shape index (κ1) is 26.5. The molecule has 1 aromatic carbocycles. The highest BCUT2D eigenvalue weighted by Crippen LogP contribution is 2.34. The second kappa shape index (κ2) is 13.7. The van der Waals surface area contributed by atoms with Crippen LogP contribution in [-0.2, 0) is 10.0 Å². The number of likely N-dealkylation sites (N-methyl/N-ethyl adjacent to an activating group) is 1. The van der Waals surface area contributed by atoms with Crippen LogP contribution in [0, 0.1) is 0 Å². The summed E-state index contributed by atoms with van der Waals surface area (Å²) in [7, 11) is -2.16. The molecular weight excluding hydrogens is 431 g/mol. The number of halogens is 2. The highest BCUT2D eigenvalue weighted by Gasteiger charge is 2.23. The molecule has 0 saturated carbocycles. The number of aromatic hydroxyl groups is 1. The second-order valence-corrected chi connectivity index (χ2v) is 10.4.